The van der Waals surface area contributed by atoms with E-state index in [1.807, 2.05) is 49.6 Å². The molecule has 0 N–H and O–H groups in total. The summed E-state index contributed by atoms with van der Waals surface area (Å²) in [6.07, 6.45) is 0. The average molecular weight is 221 g/mol. The lowest BCUT2D eigenvalue weighted by Crippen LogP contribution is -2.35. The molecule has 15 heavy (non-hydrogen) atoms. The molecule has 0 aliphatic rings. The van der Waals surface area contributed by atoms with Crippen LogP contribution in [0, 0.1) is 27.6 Å². The van der Waals surface area contributed by atoms with Crippen LogP contribution in [-0.2, 0) is 0 Å². The summed E-state index contributed by atoms with van der Waals surface area (Å²) >= 11 is 1.35. The first-order chi connectivity index (χ1) is 8.32. The molecule has 0 aliphatic heterocycles. The van der Waals surface area contributed by atoms with E-state index in [-0.39, 0.29) is 0 Å². The number of aromatic nitrogens is 1. The highest BCUT2D eigenvalue weighted by molar-refractivity contribution is 7.11. The van der Waals surface area contributed by atoms with Crippen molar-refractivity contribution >= 4 is 11.3 Å². The molecule has 1 aromatic heterocycles. The minimum absolute atomic E-state index is 0.423. The van der Waals surface area contributed by atoms with Gasteiger partial charge in [0, 0.05) is 29.5 Å². The van der Waals surface area contributed by atoms with Gasteiger partial charge in [0.25, 0.3) is 0 Å². The van der Waals surface area contributed by atoms with Gasteiger partial charge in [0.05, 0.1) is 4.88 Å². The number of aryl methyl sites for hydroxylation is 3. The number of para-hydroxylation sites is 1. The number of benzene rings is 1. The molecular weight excluding hydrogens is 202 g/mol. The lowest BCUT2D eigenvalue weighted by atomic mass is 10.2. The third-order valence-corrected chi connectivity index (χ3v) is 3.63. The summed E-state index contributed by atoms with van der Waals surface area (Å²) in [5, 5.41) is 0.423. The fourth-order valence-electron chi connectivity index (χ4n) is 1.68. The number of hydrogen-bond donors (Lipinski definition) is 0. The van der Waals surface area contributed by atoms with Gasteiger partial charge in [-0.15, -0.1) is 0 Å². The lowest BCUT2D eigenvalue weighted by molar-refractivity contribution is -0.604. The zero-order chi connectivity index (χ0) is 13.5. The summed E-state index contributed by atoms with van der Waals surface area (Å²) < 4.78 is 24.9. The van der Waals surface area contributed by atoms with Crippen LogP contribution in [0.1, 0.15) is 25.3 Å². The van der Waals surface area contributed by atoms with Gasteiger partial charge < -0.3 is 0 Å². The number of hydrogen-bond acceptors (Lipinski definition) is 1. The van der Waals surface area contributed by atoms with E-state index in [4.69, 9.17) is 4.11 Å². The van der Waals surface area contributed by atoms with Gasteiger partial charge in [-0.1, -0.05) is 29.5 Å². The van der Waals surface area contributed by atoms with E-state index in [1.54, 1.807) is 0 Å². The molecule has 0 saturated carbocycles. The molecule has 0 spiro atoms. The predicted molar refractivity (Wildman–Crippen MR) is 64.8 cm³/mol. The minimum Gasteiger partial charge on any atom is -0.152 e. The van der Waals surface area contributed by atoms with Crippen molar-refractivity contribution in [2.75, 3.05) is 0 Å². The molecule has 0 saturated heterocycles. The molecule has 78 valence electrons. The Morgan fingerprint density at radius 2 is 1.93 bits per heavy atom. The van der Waals surface area contributed by atoms with Gasteiger partial charge in [-0.05, 0) is 13.8 Å². The topological polar surface area (TPSA) is 3.88 Å². The summed E-state index contributed by atoms with van der Waals surface area (Å²) in [5.41, 5.74) is 3.03. The van der Waals surface area contributed by atoms with Crippen LogP contribution in [0.3, 0.4) is 0 Å². The van der Waals surface area contributed by atoms with Crippen molar-refractivity contribution in [2.45, 2.75) is 27.6 Å². The maximum Gasteiger partial charge on any atom is 0.240 e. The molecule has 1 aromatic carbocycles. The second-order valence-electron chi connectivity index (χ2n) is 3.67. The van der Waals surface area contributed by atoms with Crippen molar-refractivity contribution in [1.29, 1.82) is 0 Å². The molecule has 2 rings (SSSR count). The van der Waals surface area contributed by atoms with Crippen LogP contribution in [0.4, 0.5) is 0 Å². The Bertz CT molecular complexity index is 584. The van der Waals surface area contributed by atoms with Gasteiger partial charge in [0.15, 0.2) is 5.69 Å². The van der Waals surface area contributed by atoms with Gasteiger partial charge in [-0.3, -0.25) is 0 Å². The zero-order valence-electron chi connectivity index (χ0n) is 12.2. The van der Waals surface area contributed by atoms with Gasteiger partial charge in [0.1, 0.15) is 0 Å². The second kappa shape index (κ2) is 3.78. The van der Waals surface area contributed by atoms with Crippen molar-refractivity contribution in [3.8, 4) is 5.69 Å². The van der Waals surface area contributed by atoms with Crippen LogP contribution in [0.15, 0.2) is 24.3 Å². The predicted octanol–water partition coefficient (Wildman–Crippen LogP) is 3.26. The van der Waals surface area contributed by atoms with Crippen LogP contribution >= 0.6 is 11.3 Å². The van der Waals surface area contributed by atoms with Crippen molar-refractivity contribution in [3.63, 3.8) is 0 Å². The first-order valence-electron chi connectivity index (χ1n) is 6.41. The van der Waals surface area contributed by atoms with Crippen LogP contribution in [0.5, 0.6) is 0 Å². The first-order valence-corrected chi connectivity index (χ1v) is 5.72. The maximum atomic E-state index is 7.67. The quantitative estimate of drug-likeness (QED) is 0.651. The fraction of sp³-hybridized carbons (Fsp3) is 0.308. The highest BCUT2D eigenvalue weighted by atomic mass is 32.1. The molecule has 1 nitrogen and oxygen atoms in total. The van der Waals surface area contributed by atoms with Crippen LogP contribution in [0.2, 0.25) is 0 Å². The second-order valence-corrected chi connectivity index (χ2v) is 4.87. The van der Waals surface area contributed by atoms with E-state index >= 15 is 0 Å². The zero-order valence-corrected chi connectivity index (χ0v) is 9.98. The van der Waals surface area contributed by atoms with E-state index < -0.39 is 6.85 Å². The molecule has 0 bridgehead atoms. The molecule has 2 aromatic rings. The highest BCUT2D eigenvalue weighted by Gasteiger charge is 2.21. The summed E-state index contributed by atoms with van der Waals surface area (Å²) in [4.78, 5) is 1.05. The molecule has 0 atom stereocenters. The van der Waals surface area contributed by atoms with Crippen molar-refractivity contribution in [3.05, 3.63) is 45.4 Å². The number of nitrogens with zero attached hydrogens (tertiary/aromatic N) is 1. The van der Waals surface area contributed by atoms with Crippen molar-refractivity contribution in [2.24, 2.45) is 0 Å². The Hall–Kier alpha value is -1.15. The monoisotopic (exact) mass is 221 g/mol. The van der Waals surface area contributed by atoms with E-state index in [1.165, 1.54) is 11.3 Å². The molecule has 0 radical (unpaired) electrons. The average Bonchev–Trinajstić information content (AvgIpc) is 2.57. The Kier molecular flexibility index (Phi) is 1.81. The van der Waals surface area contributed by atoms with Crippen LogP contribution in [-0.4, -0.2) is 0 Å². The van der Waals surface area contributed by atoms with Crippen molar-refractivity contribution in [1.82, 2.24) is 0 Å². The van der Waals surface area contributed by atoms with Gasteiger partial charge in [-0.25, -0.2) is 0 Å². The standard InChI is InChI=1S/C13H16NS/c1-9-7-5-6-8-13(9)14-10(2)11(3)15-12(14)4/h5-8H,1-4H3/q+1/i4D3. The summed E-state index contributed by atoms with van der Waals surface area (Å²) in [5.74, 6) is 0. The van der Waals surface area contributed by atoms with Gasteiger partial charge in [0.2, 0.25) is 10.7 Å². The van der Waals surface area contributed by atoms with Gasteiger partial charge >= 0.3 is 0 Å². The molecule has 1 heterocycles. The highest BCUT2D eigenvalue weighted by Crippen LogP contribution is 2.18. The van der Waals surface area contributed by atoms with E-state index in [0.717, 1.165) is 21.8 Å². The molecule has 2 heteroatoms. The lowest BCUT2D eigenvalue weighted by Gasteiger charge is -1.99. The largest absolute Gasteiger partial charge is 0.240 e. The normalized spacial score (nSPS) is 14.5. The maximum absolute atomic E-state index is 7.67. The Balaban J connectivity index is 2.75. The Morgan fingerprint density at radius 3 is 2.60 bits per heavy atom. The number of rotatable bonds is 1. The summed E-state index contributed by atoms with van der Waals surface area (Å²) in [6, 6.07) is 7.86. The van der Waals surface area contributed by atoms with Crippen LogP contribution in [0.25, 0.3) is 5.69 Å². The van der Waals surface area contributed by atoms with E-state index in [9.17, 15) is 0 Å². The van der Waals surface area contributed by atoms with E-state index in [2.05, 4.69) is 0 Å². The molecule has 0 fully saturated rings. The fourth-order valence-corrected chi connectivity index (χ4v) is 2.53. The third-order valence-electron chi connectivity index (χ3n) is 2.65. The third kappa shape index (κ3) is 1.70. The van der Waals surface area contributed by atoms with Gasteiger partial charge in [-0.2, -0.15) is 4.57 Å². The SMILES string of the molecule is [2H]C([2H])([2H])c1sc(C)c(C)[n+]1-c1ccccc1C. The summed E-state index contributed by atoms with van der Waals surface area (Å²) in [7, 11) is 0. The Labute approximate surface area is 99.2 Å². The molecular formula is C13H16NS+. The minimum atomic E-state index is -2.08. The molecule has 0 amide bonds. The first kappa shape index (κ1) is 7.18. The van der Waals surface area contributed by atoms with E-state index in [0.29, 0.717) is 5.01 Å². The number of thiazole rings is 1. The van der Waals surface area contributed by atoms with Crippen LogP contribution < -0.4 is 4.57 Å². The Morgan fingerprint density at radius 1 is 1.20 bits per heavy atom. The summed E-state index contributed by atoms with van der Waals surface area (Å²) in [6.45, 7) is 3.85. The smallest absolute Gasteiger partial charge is 0.152 e. The molecule has 0 aliphatic carbocycles. The van der Waals surface area contributed by atoms with Crippen molar-refractivity contribution < 1.29 is 8.68 Å². The molecule has 0 unspecified atom stereocenters.